The molecule has 5 nitrogen and oxygen atoms in total. The van der Waals surface area contributed by atoms with Gasteiger partial charge in [-0.2, -0.15) is 13.2 Å². The van der Waals surface area contributed by atoms with Crippen molar-refractivity contribution in [3.63, 3.8) is 0 Å². The highest BCUT2D eigenvalue weighted by molar-refractivity contribution is 7.91. The lowest BCUT2D eigenvalue weighted by molar-refractivity contribution is -0.137. The van der Waals surface area contributed by atoms with Crippen LogP contribution in [0.15, 0.2) is 18.2 Å². The van der Waals surface area contributed by atoms with Crippen molar-refractivity contribution in [2.75, 3.05) is 29.5 Å². The molecule has 2 rings (SSSR count). The van der Waals surface area contributed by atoms with Crippen molar-refractivity contribution in [3.05, 3.63) is 29.3 Å². The van der Waals surface area contributed by atoms with Gasteiger partial charge in [-0.25, -0.2) is 8.42 Å². The fraction of sp³-hybridized carbons (Fsp3) is 0.417. The van der Waals surface area contributed by atoms with Gasteiger partial charge in [0.25, 0.3) is 0 Å². The number of anilines is 1. The summed E-state index contributed by atoms with van der Waals surface area (Å²) in [4.78, 5) is 1.64. The van der Waals surface area contributed by atoms with Crippen LogP contribution in [0.5, 0.6) is 0 Å². The number of amidine groups is 1. The van der Waals surface area contributed by atoms with E-state index in [1.165, 1.54) is 6.07 Å². The van der Waals surface area contributed by atoms with E-state index in [-0.39, 0.29) is 30.2 Å². The summed E-state index contributed by atoms with van der Waals surface area (Å²) in [5.41, 5.74) is 4.78. The minimum Gasteiger partial charge on any atom is -0.384 e. The Kier molecular flexibility index (Phi) is 3.87. The van der Waals surface area contributed by atoms with Crippen molar-refractivity contribution in [2.45, 2.75) is 6.18 Å². The first kappa shape index (κ1) is 15.6. The molecule has 1 aliphatic heterocycles. The number of nitrogens with zero attached hydrogens (tertiary/aromatic N) is 1. The third-order valence-electron chi connectivity index (χ3n) is 3.30. The lowest BCUT2D eigenvalue weighted by Gasteiger charge is -2.30. The van der Waals surface area contributed by atoms with Crippen LogP contribution >= 0.6 is 0 Å². The van der Waals surface area contributed by atoms with Gasteiger partial charge >= 0.3 is 6.18 Å². The number of hydrogen-bond acceptors (Lipinski definition) is 4. The molecule has 0 unspecified atom stereocenters. The van der Waals surface area contributed by atoms with Crippen molar-refractivity contribution < 1.29 is 21.6 Å². The molecule has 0 amide bonds. The predicted octanol–water partition coefficient (Wildman–Crippen LogP) is 1.22. The zero-order valence-corrected chi connectivity index (χ0v) is 11.8. The number of nitrogens with two attached hydrogens (primary N) is 1. The topological polar surface area (TPSA) is 87.2 Å². The van der Waals surface area contributed by atoms with Gasteiger partial charge in [0, 0.05) is 24.3 Å². The zero-order chi connectivity index (χ0) is 15.8. The Bertz CT molecular complexity index is 657. The molecule has 1 aliphatic rings. The van der Waals surface area contributed by atoms with E-state index in [1.807, 2.05) is 0 Å². The van der Waals surface area contributed by atoms with Gasteiger partial charge in [-0.15, -0.1) is 0 Å². The van der Waals surface area contributed by atoms with Crippen LogP contribution in [0, 0.1) is 5.41 Å². The number of halogens is 3. The maximum atomic E-state index is 12.7. The van der Waals surface area contributed by atoms with Gasteiger partial charge in [0.05, 0.1) is 17.1 Å². The highest BCUT2D eigenvalue weighted by Gasteiger charge is 2.32. The maximum Gasteiger partial charge on any atom is 0.416 e. The van der Waals surface area contributed by atoms with Crippen LogP contribution in [0.25, 0.3) is 0 Å². The Hall–Kier alpha value is -1.77. The predicted molar refractivity (Wildman–Crippen MR) is 73.3 cm³/mol. The molecule has 1 saturated heterocycles. The SMILES string of the molecule is N=C(N)c1cc(C(F)(F)F)ccc1N1CCS(=O)(=O)CC1. The lowest BCUT2D eigenvalue weighted by atomic mass is 10.1. The van der Waals surface area contributed by atoms with Crippen LogP contribution in [0.4, 0.5) is 18.9 Å². The van der Waals surface area contributed by atoms with Gasteiger partial charge in [-0.05, 0) is 18.2 Å². The quantitative estimate of drug-likeness (QED) is 0.633. The third-order valence-corrected chi connectivity index (χ3v) is 4.91. The smallest absolute Gasteiger partial charge is 0.384 e. The molecule has 1 heterocycles. The highest BCUT2D eigenvalue weighted by Crippen LogP contribution is 2.33. The summed E-state index contributed by atoms with van der Waals surface area (Å²) < 4.78 is 60.9. The molecule has 21 heavy (non-hydrogen) atoms. The lowest BCUT2D eigenvalue weighted by Crippen LogP contribution is -2.41. The molecule has 1 fully saturated rings. The van der Waals surface area contributed by atoms with Gasteiger partial charge < -0.3 is 10.6 Å². The molecule has 0 atom stereocenters. The molecule has 1 aromatic carbocycles. The molecule has 116 valence electrons. The van der Waals surface area contributed by atoms with Gasteiger partial charge in [-0.3, -0.25) is 5.41 Å². The average molecular weight is 321 g/mol. The Morgan fingerprint density at radius 2 is 1.81 bits per heavy atom. The maximum absolute atomic E-state index is 12.7. The summed E-state index contributed by atoms with van der Waals surface area (Å²) >= 11 is 0. The molecule has 3 N–H and O–H groups in total. The van der Waals surface area contributed by atoms with E-state index in [9.17, 15) is 21.6 Å². The molecular weight excluding hydrogens is 307 g/mol. The largest absolute Gasteiger partial charge is 0.416 e. The Morgan fingerprint density at radius 3 is 2.29 bits per heavy atom. The van der Waals surface area contributed by atoms with E-state index in [0.29, 0.717) is 5.69 Å². The van der Waals surface area contributed by atoms with E-state index in [4.69, 9.17) is 11.1 Å². The van der Waals surface area contributed by atoms with Crippen LogP contribution in [-0.2, 0) is 16.0 Å². The summed E-state index contributed by atoms with van der Waals surface area (Å²) in [5, 5.41) is 7.44. The first-order valence-corrected chi connectivity index (χ1v) is 7.93. The van der Waals surface area contributed by atoms with Crippen molar-refractivity contribution in [3.8, 4) is 0 Å². The van der Waals surface area contributed by atoms with Crippen molar-refractivity contribution in [1.82, 2.24) is 0 Å². The first-order chi connectivity index (χ1) is 9.60. The van der Waals surface area contributed by atoms with Crippen molar-refractivity contribution >= 4 is 21.4 Å². The molecule has 1 aromatic rings. The minimum absolute atomic E-state index is 0.0378. The normalized spacial score (nSPS) is 18.5. The molecule has 0 spiro atoms. The number of nitrogen functional groups attached to an aromatic ring is 1. The number of nitrogens with one attached hydrogen (secondary N) is 1. The van der Waals surface area contributed by atoms with Crippen molar-refractivity contribution in [2.24, 2.45) is 5.73 Å². The van der Waals surface area contributed by atoms with Crippen LogP contribution in [-0.4, -0.2) is 38.8 Å². The molecule has 0 aromatic heterocycles. The number of sulfone groups is 1. The second-order valence-electron chi connectivity index (χ2n) is 4.78. The molecule has 0 radical (unpaired) electrons. The average Bonchev–Trinajstić information content (AvgIpc) is 2.37. The summed E-state index contributed by atoms with van der Waals surface area (Å²) in [6.45, 7) is 0.349. The van der Waals surface area contributed by atoms with E-state index < -0.39 is 27.4 Å². The highest BCUT2D eigenvalue weighted by atomic mass is 32.2. The minimum atomic E-state index is -4.52. The Labute approximate surface area is 120 Å². The van der Waals surface area contributed by atoms with Gasteiger partial charge in [-0.1, -0.05) is 0 Å². The summed E-state index contributed by atoms with van der Waals surface area (Å²) in [7, 11) is -3.09. The summed E-state index contributed by atoms with van der Waals surface area (Å²) in [6.07, 6.45) is -4.52. The van der Waals surface area contributed by atoms with Crippen LogP contribution in [0.2, 0.25) is 0 Å². The van der Waals surface area contributed by atoms with E-state index in [2.05, 4.69) is 0 Å². The molecule has 0 aliphatic carbocycles. The molecule has 0 bridgehead atoms. The van der Waals surface area contributed by atoms with E-state index in [0.717, 1.165) is 12.1 Å². The van der Waals surface area contributed by atoms with Crippen molar-refractivity contribution in [1.29, 1.82) is 5.41 Å². The fourth-order valence-corrected chi connectivity index (χ4v) is 3.36. The van der Waals surface area contributed by atoms with Crippen LogP contribution in [0.3, 0.4) is 0 Å². The Morgan fingerprint density at radius 1 is 1.24 bits per heavy atom. The number of rotatable bonds is 2. The zero-order valence-electron chi connectivity index (χ0n) is 10.9. The number of benzene rings is 1. The Balaban J connectivity index is 2.38. The molecule has 0 saturated carbocycles. The van der Waals surface area contributed by atoms with E-state index >= 15 is 0 Å². The third kappa shape index (κ3) is 3.46. The second-order valence-corrected chi connectivity index (χ2v) is 7.09. The number of hydrogen-bond donors (Lipinski definition) is 2. The van der Waals surface area contributed by atoms with Crippen LogP contribution in [0.1, 0.15) is 11.1 Å². The summed E-state index contributed by atoms with van der Waals surface area (Å²) in [6, 6.07) is 2.96. The first-order valence-electron chi connectivity index (χ1n) is 6.11. The molecular formula is C12H14F3N3O2S. The standard InChI is InChI=1S/C12H14F3N3O2S/c13-12(14,15)8-1-2-10(9(7-8)11(16)17)18-3-5-21(19,20)6-4-18/h1-2,7H,3-6H2,(H3,16,17). The monoisotopic (exact) mass is 321 g/mol. The number of alkyl halides is 3. The second kappa shape index (κ2) is 5.21. The van der Waals surface area contributed by atoms with E-state index in [1.54, 1.807) is 4.90 Å². The fourth-order valence-electron chi connectivity index (χ4n) is 2.16. The van der Waals surface area contributed by atoms with Crippen LogP contribution < -0.4 is 10.6 Å². The molecule has 9 heteroatoms. The van der Waals surface area contributed by atoms with Gasteiger partial charge in [0.1, 0.15) is 5.84 Å². The van der Waals surface area contributed by atoms with Gasteiger partial charge in [0.15, 0.2) is 9.84 Å². The summed E-state index contributed by atoms with van der Waals surface area (Å²) in [5.74, 6) is -0.610. The van der Waals surface area contributed by atoms with Gasteiger partial charge in [0.2, 0.25) is 0 Å².